The van der Waals surface area contributed by atoms with Crippen molar-refractivity contribution in [3.8, 4) is 0 Å². The molecular formula is C22H41NO6S. The number of esters is 1. The molecule has 1 unspecified atom stereocenters. The number of unbranched alkanes of at least 4 members (excludes halogenated alkanes) is 12. The highest BCUT2D eigenvalue weighted by molar-refractivity contribution is 7.87. The summed E-state index contributed by atoms with van der Waals surface area (Å²) in [4.78, 5) is 22.5. The average Bonchev–Trinajstić information content (AvgIpc) is 2.67. The van der Waals surface area contributed by atoms with Crippen LogP contribution in [0.4, 0.5) is 0 Å². The normalized spacial score (nSPS) is 12.9. The molecule has 0 aromatic carbocycles. The van der Waals surface area contributed by atoms with Crippen LogP contribution < -0.4 is 5.73 Å². The van der Waals surface area contributed by atoms with Crippen molar-refractivity contribution in [3.05, 3.63) is 12.2 Å². The third kappa shape index (κ3) is 17.4. The summed E-state index contributed by atoms with van der Waals surface area (Å²) in [5.74, 6) is -2.13. The standard InChI is InChI=1S/C22H41NO6S/c1-2-3-4-5-6-7-8-9-10-11-12-13-14-15-16-17-18-29-22(25)20(19-21(23)24)30(26,27)28/h9-10,20H,2-8,11-19H2,1H3,(H2,23,24)(H,26,27,28). The smallest absolute Gasteiger partial charge is 0.327 e. The molecule has 0 spiro atoms. The first-order chi connectivity index (χ1) is 14.3. The summed E-state index contributed by atoms with van der Waals surface area (Å²) in [6, 6.07) is 0. The van der Waals surface area contributed by atoms with Crippen LogP contribution in [0.1, 0.15) is 103 Å². The minimum atomic E-state index is -4.71. The zero-order valence-corrected chi connectivity index (χ0v) is 19.3. The van der Waals surface area contributed by atoms with E-state index in [9.17, 15) is 18.0 Å². The van der Waals surface area contributed by atoms with Gasteiger partial charge in [0.1, 0.15) is 0 Å². The lowest BCUT2D eigenvalue weighted by molar-refractivity contribution is -0.144. The number of nitrogens with two attached hydrogens (primary N) is 1. The molecule has 1 atom stereocenters. The van der Waals surface area contributed by atoms with Crippen LogP contribution in [0.3, 0.4) is 0 Å². The number of carbonyl (C=O) groups is 2. The molecule has 0 aromatic rings. The predicted molar refractivity (Wildman–Crippen MR) is 120 cm³/mol. The molecule has 0 bridgehead atoms. The molecule has 30 heavy (non-hydrogen) atoms. The van der Waals surface area contributed by atoms with Crippen molar-refractivity contribution in [2.24, 2.45) is 5.73 Å². The third-order valence-corrected chi connectivity index (χ3v) is 5.99. The number of carbonyl (C=O) groups excluding carboxylic acids is 2. The summed E-state index contributed by atoms with van der Waals surface area (Å²) in [6.07, 6.45) is 20.0. The molecule has 0 aromatic heterocycles. The van der Waals surface area contributed by atoms with Gasteiger partial charge in [-0.3, -0.25) is 14.1 Å². The summed E-state index contributed by atoms with van der Waals surface area (Å²) < 4.78 is 36.1. The fourth-order valence-corrected chi connectivity index (χ4v) is 3.79. The van der Waals surface area contributed by atoms with E-state index in [4.69, 9.17) is 15.0 Å². The lowest BCUT2D eigenvalue weighted by Crippen LogP contribution is -2.35. The van der Waals surface area contributed by atoms with Gasteiger partial charge in [0.25, 0.3) is 10.1 Å². The maximum atomic E-state index is 11.7. The van der Waals surface area contributed by atoms with E-state index >= 15 is 0 Å². The molecule has 0 aliphatic rings. The highest BCUT2D eigenvalue weighted by atomic mass is 32.2. The van der Waals surface area contributed by atoms with Crippen LogP contribution >= 0.6 is 0 Å². The van der Waals surface area contributed by atoms with Gasteiger partial charge in [0, 0.05) is 0 Å². The predicted octanol–water partition coefficient (Wildman–Crippen LogP) is 4.70. The lowest BCUT2D eigenvalue weighted by atomic mass is 10.1. The summed E-state index contributed by atoms with van der Waals surface area (Å²) in [7, 11) is -4.71. The van der Waals surface area contributed by atoms with Crippen molar-refractivity contribution in [1.29, 1.82) is 0 Å². The van der Waals surface area contributed by atoms with E-state index in [1.165, 1.54) is 51.4 Å². The number of hydrogen-bond acceptors (Lipinski definition) is 5. The van der Waals surface area contributed by atoms with Gasteiger partial charge in [-0.2, -0.15) is 8.42 Å². The van der Waals surface area contributed by atoms with Crippen molar-refractivity contribution in [2.75, 3.05) is 6.61 Å². The molecule has 1 amide bonds. The Morgan fingerprint density at radius 2 is 1.33 bits per heavy atom. The van der Waals surface area contributed by atoms with Gasteiger partial charge >= 0.3 is 5.97 Å². The van der Waals surface area contributed by atoms with Gasteiger partial charge in [-0.1, -0.05) is 76.9 Å². The Bertz CT molecular complexity index is 588. The summed E-state index contributed by atoms with van der Waals surface area (Å²) in [6.45, 7) is 2.30. The number of ether oxygens (including phenoxy) is 1. The second-order valence-electron chi connectivity index (χ2n) is 7.78. The summed E-state index contributed by atoms with van der Waals surface area (Å²) in [5.41, 5.74) is 4.90. The van der Waals surface area contributed by atoms with Crippen LogP contribution in [-0.2, 0) is 24.4 Å². The Kier molecular flexibility index (Phi) is 17.5. The molecular weight excluding hydrogens is 406 g/mol. The van der Waals surface area contributed by atoms with E-state index in [-0.39, 0.29) is 6.61 Å². The minimum Gasteiger partial charge on any atom is -0.465 e. The Morgan fingerprint density at radius 1 is 0.867 bits per heavy atom. The minimum absolute atomic E-state index is 0.0603. The molecule has 0 aliphatic carbocycles. The molecule has 0 heterocycles. The van der Waals surface area contributed by atoms with Gasteiger partial charge in [0.15, 0.2) is 5.25 Å². The molecule has 0 rings (SSSR count). The molecule has 3 N–H and O–H groups in total. The summed E-state index contributed by atoms with van der Waals surface area (Å²) in [5, 5.41) is -1.94. The maximum absolute atomic E-state index is 11.7. The van der Waals surface area contributed by atoms with Crippen LogP contribution in [0.15, 0.2) is 12.2 Å². The lowest BCUT2D eigenvalue weighted by Gasteiger charge is -2.11. The van der Waals surface area contributed by atoms with Crippen LogP contribution in [0.25, 0.3) is 0 Å². The molecule has 0 saturated carbocycles. The Hall–Kier alpha value is -1.41. The monoisotopic (exact) mass is 447 g/mol. The Balaban J connectivity index is 3.58. The van der Waals surface area contributed by atoms with Gasteiger partial charge in [0.05, 0.1) is 13.0 Å². The van der Waals surface area contributed by atoms with E-state index in [1.54, 1.807) is 0 Å². The first kappa shape index (κ1) is 28.6. The van der Waals surface area contributed by atoms with Crippen molar-refractivity contribution in [1.82, 2.24) is 0 Å². The average molecular weight is 448 g/mol. The quantitative estimate of drug-likeness (QED) is 0.121. The molecule has 8 heteroatoms. The second-order valence-corrected chi connectivity index (χ2v) is 9.38. The van der Waals surface area contributed by atoms with Crippen molar-refractivity contribution in [2.45, 2.75) is 108 Å². The fourth-order valence-electron chi connectivity index (χ4n) is 3.11. The second kappa shape index (κ2) is 18.4. The van der Waals surface area contributed by atoms with E-state index in [2.05, 4.69) is 19.1 Å². The fraction of sp³-hybridized carbons (Fsp3) is 0.818. The number of allylic oxidation sites excluding steroid dienone is 2. The van der Waals surface area contributed by atoms with Crippen LogP contribution in [0, 0.1) is 0 Å². The number of rotatable bonds is 20. The van der Waals surface area contributed by atoms with E-state index in [0.29, 0.717) is 6.42 Å². The number of amides is 1. The van der Waals surface area contributed by atoms with Gasteiger partial charge < -0.3 is 10.5 Å². The Labute approximate surface area is 182 Å². The maximum Gasteiger partial charge on any atom is 0.327 e. The van der Waals surface area contributed by atoms with Gasteiger partial charge in [-0.25, -0.2) is 0 Å². The zero-order valence-electron chi connectivity index (χ0n) is 18.5. The zero-order chi connectivity index (χ0) is 22.7. The molecule has 0 radical (unpaired) electrons. The molecule has 7 nitrogen and oxygen atoms in total. The van der Waals surface area contributed by atoms with Crippen LogP contribution in [0.5, 0.6) is 0 Å². The van der Waals surface area contributed by atoms with E-state index < -0.39 is 33.7 Å². The van der Waals surface area contributed by atoms with E-state index in [0.717, 1.165) is 32.1 Å². The topological polar surface area (TPSA) is 124 Å². The van der Waals surface area contributed by atoms with Gasteiger partial charge in [-0.05, 0) is 32.1 Å². The van der Waals surface area contributed by atoms with E-state index in [1.807, 2.05) is 0 Å². The highest BCUT2D eigenvalue weighted by Crippen LogP contribution is 2.11. The highest BCUT2D eigenvalue weighted by Gasteiger charge is 2.34. The van der Waals surface area contributed by atoms with Crippen LogP contribution in [-0.4, -0.2) is 36.7 Å². The first-order valence-electron chi connectivity index (χ1n) is 11.3. The first-order valence-corrected chi connectivity index (χ1v) is 12.9. The summed E-state index contributed by atoms with van der Waals surface area (Å²) >= 11 is 0. The van der Waals surface area contributed by atoms with Crippen molar-refractivity contribution < 1.29 is 27.3 Å². The van der Waals surface area contributed by atoms with Gasteiger partial charge in [0.2, 0.25) is 5.91 Å². The molecule has 0 saturated heterocycles. The third-order valence-electron chi connectivity index (χ3n) is 4.91. The number of hydrogen-bond donors (Lipinski definition) is 2. The molecule has 0 fully saturated rings. The van der Waals surface area contributed by atoms with Gasteiger partial charge in [-0.15, -0.1) is 0 Å². The van der Waals surface area contributed by atoms with Crippen LogP contribution in [0.2, 0.25) is 0 Å². The SMILES string of the molecule is CCCCCCCCC=CCCCCCCCCOC(=O)C(CC(N)=O)S(=O)(=O)O. The van der Waals surface area contributed by atoms with Crippen molar-refractivity contribution in [3.63, 3.8) is 0 Å². The molecule has 176 valence electrons. The Morgan fingerprint density at radius 3 is 1.80 bits per heavy atom. The van der Waals surface area contributed by atoms with Crippen molar-refractivity contribution >= 4 is 22.0 Å². The number of primary amides is 1. The molecule has 0 aliphatic heterocycles. The largest absolute Gasteiger partial charge is 0.465 e.